The van der Waals surface area contributed by atoms with Crippen LogP contribution in [-0.4, -0.2) is 12.3 Å². The first-order valence-corrected chi connectivity index (χ1v) is 3.59. The SMILES string of the molecule is CC1C2C=NNC1C2C. The molecule has 0 radical (unpaired) electrons. The van der Waals surface area contributed by atoms with Gasteiger partial charge in [0.15, 0.2) is 0 Å². The zero-order chi connectivity index (χ0) is 6.43. The lowest BCUT2D eigenvalue weighted by atomic mass is 9.62. The van der Waals surface area contributed by atoms with E-state index in [0.717, 1.165) is 17.8 Å². The summed E-state index contributed by atoms with van der Waals surface area (Å²) in [4.78, 5) is 0. The predicted octanol–water partition coefficient (Wildman–Crippen LogP) is 0.846. The minimum atomic E-state index is 0.667. The largest absolute Gasteiger partial charge is 0.307 e. The molecule has 1 aliphatic carbocycles. The summed E-state index contributed by atoms with van der Waals surface area (Å²) in [7, 11) is 0. The Morgan fingerprint density at radius 2 is 2.00 bits per heavy atom. The van der Waals surface area contributed by atoms with Gasteiger partial charge < -0.3 is 5.43 Å². The molecule has 0 amide bonds. The summed E-state index contributed by atoms with van der Waals surface area (Å²) in [6.07, 6.45) is 2.05. The Kier molecular flexibility index (Phi) is 0.875. The van der Waals surface area contributed by atoms with E-state index in [4.69, 9.17) is 0 Å². The number of rotatable bonds is 0. The van der Waals surface area contributed by atoms with Crippen molar-refractivity contribution in [3.8, 4) is 0 Å². The third kappa shape index (κ3) is 0.485. The molecule has 0 aromatic heterocycles. The second-order valence-corrected chi connectivity index (χ2v) is 3.23. The Bertz CT molecular complexity index is 143. The van der Waals surface area contributed by atoms with Crippen LogP contribution >= 0.6 is 0 Å². The number of hydrogen-bond donors (Lipinski definition) is 1. The molecule has 0 aromatic carbocycles. The van der Waals surface area contributed by atoms with E-state index in [2.05, 4.69) is 30.6 Å². The third-order valence-corrected chi connectivity index (χ3v) is 2.82. The molecule has 0 spiro atoms. The van der Waals surface area contributed by atoms with Crippen LogP contribution in [0.15, 0.2) is 5.10 Å². The molecule has 2 unspecified atom stereocenters. The minimum absolute atomic E-state index is 0.667. The van der Waals surface area contributed by atoms with Crippen LogP contribution in [-0.2, 0) is 0 Å². The number of hydrogen-bond acceptors (Lipinski definition) is 2. The Morgan fingerprint density at radius 1 is 1.33 bits per heavy atom. The van der Waals surface area contributed by atoms with Crippen molar-refractivity contribution >= 4 is 6.21 Å². The van der Waals surface area contributed by atoms with E-state index in [1.54, 1.807) is 0 Å². The van der Waals surface area contributed by atoms with E-state index in [-0.39, 0.29) is 0 Å². The van der Waals surface area contributed by atoms with Crippen molar-refractivity contribution < 1.29 is 0 Å². The van der Waals surface area contributed by atoms with Crippen LogP contribution in [0.5, 0.6) is 0 Å². The van der Waals surface area contributed by atoms with Gasteiger partial charge in [-0.25, -0.2) is 0 Å². The van der Waals surface area contributed by atoms with E-state index in [0.29, 0.717) is 6.04 Å². The monoisotopic (exact) mass is 124 g/mol. The minimum Gasteiger partial charge on any atom is -0.307 e. The van der Waals surface area contributed by atoms with E-state index in [1.165, 1.54) is 0 Å². The smallest absolute Gasteiger partial charge is 0.0503 e. The Balaban J connectivity index is 2.21. The number of nitrogens with one attached hydrogen (secondary N) is 1. The van der Waals surface area contributed by atoms with Crippen molar-refractivity contribution in [3.63, 3.8) is 0 Å². The highest BCUT2D eigenvalue weighted by Gasteiger charge is 2.46. The lowest BCUT2D eigenvalue weighted by molar-refractivity contribution is 0.0775. The van der Waals surface area contributed by atoms with Crippen molar-refractivity contribution in [2.45, 2.75) is 19.9 Å². The van der Waals surface area contributed by atoms with Crippen molar-refractivity contribution in [1.82, 2.24) is 5.43 Å². The molecule has 0 saturated heterocycles. The van der Waals surface area contributed by atoms with E-state index in [9.17, 15) is 0 Å². The van der Waals surface area contributed by atoms with E-state index in [1.807, 2.05) is 0 Å². The maximum absolute atomic E-state index is 4.03. The van der Waals surface area contributed by atoms with Gasteiger partial charge in [-0.1, -0.05) is 13.8 Å². The average Bonchev–Trinajstić information content (AvgIpc) is 1.91. The highest BCUT2D eigenvalue weighted by atomic mass is 15.3. The summed E-state index contributed by atoms with van der Waals surface area (Å²) in [5, 5.41) is 4.03. The first-order valence-electron chi connectivity index (χ1n) is 3.59. The average molecular weight is 124 g/mol. The van der Waals surface area contributed by atoms with Gasteiger partial charge in [-0.2, -0.15) is 5.10 Å². The van der Waals surface area contributed by atoms with Crippen molar-refractivity contribution in [1.29, 1.82) is 0 Å². The van der Waals surface area contributed by atoms with Gasteiger partial charge in [0.1, 0.15) is 0 Å². The Labute approximate surface area is 55.3 Å². The van der Waals surface area contributed by atoms with Gasteiger partial charge in [0, 0.05) is 12.1 Å². The molecule has 3 aliphatic rings. The van der Waals surface area contributed by atoms with Crippen LogP contribution in [0.2, 0.25) is 0 Å². The molecule has 1 N–H and O–H groups in total. The predicted molar refractivity (Wildman–Crippen MR) is 37.2 cm³/mol. The van der Waals surface area contributed by atoms with Gasteiger partial charge in [0.25, 0.3) is 0 Å². The van der Waals surface area contributed by atoms with Gasteiger partial charge >= 0.3 is 0 Å². The first kappa shape index (κ1) is 5.27. The molecule has 2 nitrogen and oxygen atoms in total. The highest BCUT2D eigenvalue weighted by molar-refractivity contribution is 5.65. The lowest BCUT2D eigenvalue weighted by Gasteiger charge is -2.49. The molecule has 2 heterocycles. The first-order chi connectivity index (χ1) is 4.30. The van der Waals surface area contributed by atoms with Crippen LogP contribution in [0.4, 0.5) is 0 Å². The van der Waals surface area contributed by atoms with Crippen LogP contribution in [0.3, 0.4) is 0 Å². The molecule has 3 rings (SSSR count). The number of fused-ring (bicyclic) bond motifs is 1. The fraction of sp³-hybridized carbons (Fsp3) is 0.857. The Hall–Kier alpha value is -0.530. The Morgan fingerprint density at radius 3 is 2.22 bits per heavy atom. The second-order valence-electron chi connectivity index (χ2n) is 3.23. The van der Waals surface area contributed by atoms with Crippen LogP contribution < -0.4 is 5.43 Å². The summed E-state index contributed by atoms with van der Waals surface area (Å²) in [5.74, 6) is 2.39. The molecule has 2 heteroatoms. The fourth-order valence-electron chi connectivity index (χ4n) is 2.01. The van der Waals surface area contributed by atoms with Gasteiger partial charge in [-0.15, -0.1) is 0 Å². The fourth-order valence-corrected chi connectivity index (χ4v) is 2.01. The summed E-state index contributed by atoms with van der Waals surface area (Å²) in [5.41, 5.74) is 3.12. The quantitative estimate of drug-likeness (QED) is 0.508. The summed E-state index contributed by atoms with van der Waals surface area (Å²) in [6.45, 7) is 4.57. The third-order valence-electron chi connectivity index (χ3n) is 2.82. The summed E-state index contributed by atoms with van der Waals surface area (Å²) < 4.78 is 0. The molecule has 2 atom stereocenters. The van der Waals surface area contributed by atoms with Crippen molar-refractivity contribution in [2.24, 2.45) is 22.9 Å². The maximum atomic E-state index is 4.03. The van der Waals surface area contributed by atoms with Gasteiger partial charge in [-0.3, -0.25) is 0 Å². The topological polar surface area (TPSA) is 24.4 Å². The molecule has 50 valence electrons. The zero-order valence-electron chi connectivity index (χ0n) is 5.83. The molecule has 2 bridgehead atoms. The second kappa shape index (κ2) is 1.49. The maximum Gasteiger partial charge on any atom is 0.0503 e. The molecule has 1 saturated carbocycles. The van der Waals surface area contributed by atoms with Gasteiger partial charge in [0.05, 0.1) is 6.04 Å². The van der Waals surface area contributed by atoms with Crippen LogP contribution in [0.1, 0.15) is 13.8 Å². The van der Waals surface area contributed by atoms with Gasteiger partial charge in [-0.05, 0) is 11.8 Å². The highest BCUT2D eigenvalue weighted by Crippen LogP contribution is 2.40. The molecule has 0 aromatic rings. The number of nitrogens with zero attached hydrogens (tertiary/aromatic N) is 1. The normalized spacial score (nSPS) is 54.0. The lowest BCUT2D eigenvalue weighted by Crippen LogP contribution is -2.58. The van der Waals surface area contributed by atoms with Gasteiger partial charge in [0.2, 0.25) is 0 Å². The molecular weight excluding hydrogens is 112 g/mol. The van der Waals surface area contributed by atoms with Crippen LogP contribution in [0, 0.1) is 17.8 Å². The summed E-state index contributed by atoms with van der Waals surface area (Å²) in [6, 6.07) is 0.667. The molecular formula is C7H12N2. The molecule has 9 heavy (non-hydrogen) atoms. The van der Waals surface area contributed by atoms with Crippen LogP contribution in [0.25, 0.3) is 0 Å². The standard InChI is InChI=1S/C7H12N2/c1-4-6-3-8-9-7(4)5(6)2/h3-7,9H,1-2H3. The zero-order valence-corrected chi connectivity index (χ0v) is 5.83. The van der Waals surface area contributed by atoms with Crippen molar-refractivity contribution in [3.05, 3.63) is 0 Å². The van der Waals surface area contributed by atoms with E-state index < -0.39 is 0 Å². The van der Waals surface area contributed by atoms with E-state index >= 15 is 0 Å². The number of hydrazone groups is 1. The molecule has 1 fully saturated rings. The summed E-state index contributed by atoms with van der Waals surface area (Å²) >= 11 is 0. The molecule has 2 aliphatic heterocycles. The van der Waals surface area contributed by atoms with Crippen molar-refractivity contribution in [2.75, 3.05) is 0 Å².